The number of ether oxygens (including phenoxy) is 2. The summed E-state index contributed by atoms with van der Waals surface area (Å²) in [6, 6.07) is 5.20. The molecule has 18 heavy (non-hydrogen) atoms. The Balaban J connectivity index is 1.63. The van der Waals surface area contributed by atoms with E-state index in [4.69, 9.17) is 9.47 Å². The van der Waals surface area contributed by atoms with Gasteiger partial charge in [0.25, 0.3) is 0 Å². The Morgan fingerprint density at radius 1 is 1.39 bits per heavy atom. The second-order valence-electron chi connectivity index (χ2n) is 4.62. The predicted octanol–water partition coefficient (Wildman–Crippen LogP) is 0.0782. The third-order valence-corrected chi connectivity index (χ3v) is 3.05. The number of β-amino-alcohol motifs (C(OH)–C–C–N with tert-alkyl or cyclic N) is 1. The lowest BCUT2D eigenvalue weighted by Crippen LogP contribution is -2.60. The van der Waals surface area contributed by atoms with Crippen LogP contribution in [0.25, 0.3) is 0 Å². The van der Waals surface area contributed by atoms with E-state index in [-0.39, 0.29) is 19.1 Å². The first kappa shape index (κ1) is 11.3. The van der Waals surface area contributed by atoms with Crippen LogP contribution < -0.4 is 20.1 Å². The number of benzene rings is 1. The van der Waals surface area contributed by atoms with E-state index in [9.17, 15) is 9.90 Å². The van der Waals surface area contributed by atoms with Crippen molar-refractivity contribution in [3.63, 3.8) is 0 Å². The second-order valence-corrected chi connectivity index (χ2v) is 4.62. The molecule has 3 rings (SSSR count). The fourth-order valence-electron chi connectivity index (χ4n) is 2.02. The van der Waals surface area contributed by atoms with Crippen molar-refractivity contribution in [1.29, 1.82) is 0 Å². The Hall–Kier alpha value is -1.79. The van der Waals surface area contributed by atoms with E-state index in [1.54, 1.807) is 18.2 Å². The number of nitrogens with one attached hydrogen (secondary N) is 2. The minimum atomic E-state index is -0.902. The molecule has 96 valence electrons. The molecule has 0 radical (unpaired) electrons. The molecule has 0 unspecified atom stereocenters. The van der Waals surface area contributed by atoms with Crippen LogP contribution in [0.3, 0.4) is 0 Å². The van der Waals surface area contributed by atoms with Crippen molar-refractivity contribution in [2.45, 2.75) is 12.0 Å². The third kappa shape index (κ3) is 2.12. The fraction of sp³-hybridized carbons (Fsp3) is 0.417. The number of hydrogen-bond acceptors (Lipinski definition) is 5. The molecule has 2 aliphatic rings. The molecule has 0 aromatic heterocycles. The Morgan fingerprint density at radius 2 is 2.17 bits per heavy atom. The summed E-state index contributed by atoms with van der Waals surface area (Å²) in [6.07, 6.45) is 0.0917. The van der Waals surface area contributed by atoms with Crippen LogP contribution in [0.15, 0.2) is 18.2 Å². The highest BCUT2D eigenvalue weighted by atomic mass is 16.7. The van der Waals surface area contributed by atoms with Gasteiger partial charge in [0, 0.05) is 24.8 Å². The van der Waals surface area contributed by atoms with Crippen molar-refractivity contribution in [2.75, 3.05) is 25.2 Å². The SMILES string of the molecule is O=C(CC1(O)CNC1)Nc1ccc2c(c1)OCO2. The average Bonchev–Trinajstić information content (AvgIpc) is 2.74. The van der Waals surface area contributed by atoms with Crippen molar-refractivity contribution in [3.05, 3.63) is 18.2 Å². The summed E-state index contributed by atoms with van der Waals surface area (Å²) in [4.78, 5) is 11.8. The van der Waals surface area contributed by atoms with Crippen LogP contribution in [-0.2, 0) is 4.79 Å². The van der Waals surface area contributed by atoms with E-state index in [1.165, 1.54) is 0 Å². The Labute approximate surface area is 104 Å². The molecular formula is C12H14N2O4. The maximum absolute atomic E-state index is 11.8. The summed E-state index contributed by atoms with van der Waals surface area (Å²) < 4.78 is 10.4. The number of rotatable bonds is 3. The molecule has 6 heteroatoms. The van der Waals surface area contributed by atoms with Gasteiger partial charge in [-0.25, -0.2) is 0 Å². The standard InChI is InChI=1S/C12H14N2O4/c15-11(4-12(16)5-13-6-12)14-8-1-2-9-10(3-8)18-7-17-9/h1-3,13,16H,4-7H2,(H,14,15). The Morgan fingerprint density at radius 3 is 2.89 bits per heavy atom. The van der Waals surface area contributed by atoms with Crippen LogP contribution in [0, 0.1) is 0 Å². The van der Waals surface area contributed by atoms with Crippen LogP contribution >= 0.6 is 0 Å². The normalized spacial score (nSPS) is 19.2. The zero-order chi connectivity index (χ0) is 12.6. The van der Waals surface area contributed by atoms with Gasteiger partial charge in [-0.2, -0.15) is 0 Å². The summed E-state index contributed by atoms with van der Waals surface area (Å²) in [6.45, 7) is 1.13. The fourth-order valence-corrected chi connectivity index (χ4v) is 2.02. The quantitative estimate of drug-likeness (QED) is 0.708. The summed E-state index contributed by atoms with van der Waals surface area (Å²) in [7, 11) is 0. The molecule has 3 N–H and O–H groups in total. The number of amides is 1. The lowest BCUT2D eigenvalue weighted by atomic mass is 9.93. The molecule has 1 aromatic carbocycles. The van der Waals surface area contributed by atoms with Gasteiger partial charge in [0.05, 0.1) is 12.0 Å². The molecule has 1 amide bonds. The molecule has 2 aliphatic heterocycles. The topological polar surface area (TPSA) is 79.8 Å². The molecular weight excluding hydrogens is 236 g/mol. The smallest absolute Gasteiger partial charge is 0.231 e. The molecule has 0 bridgehead atoms. The van der Waals surface area contributed by atoms with Gasteiger partial charge in [-0.3, -0.25) is 4.79 Å². The number of hydrogen-bond donors (Lipinski definition) is 3. The molecule has 0 saturated carbocycles. The van der Waals surface area contributed by atoms with Crippen molar-refractivity contribution < 1.29 is 19.4 Å². The lowest BCUT2D eigenvalue weighted by molar-refractivity contribution is -0.123. The number of aliphatic hydroxyl groups is 1. The Bertz CT molecular complexity index is 485. The molecule has 0 atom stereocenters. The lowest BCUT2D eigenvalue weighted by Gasteiger charge is -2.36. The van der Waals surface area contributed by atoms with Gasteiger partial charge in [-0.05, 0) is 12.1 Å². The molecule has 6 nitrogen and oxygen atoms in total. The highest BCUT2D eigenvalue weighted by Crippen LogP contribution is 2.34. The minimum Gasteiger partial charge on any atom is -0.454 e. The highest BCUT2D eigenvalue weighted by Gasteiger charge is 2.36. The molecule has 1 aromatic rings. The molecule has 2 heterocycles. The van der Waals surface area contributed by atoms with E-state index in [2.05, 4.69) is 10.6 Å². The van der Waals surface area contributed by atoms with E-state index in [0.29, 0.717) is 30.3 Å². The first-order valence-electron chi connectivity index (χ1n) is 5.77. The van der Waals surface area contributed by atoms with E-state index < -0.39 is 5.60 Å². The zero-order valence-corrected chi connectivity index (χ0v) is 9.73. The second kappa shape index (κ2) is 4.15. The highest BCUT2D eigenvalue weighted by molar-refractivity contribution is 5.91. The maximum atomic E-state index is 11.8. The number of anilines is 1. The summed E-state index contributed by atoms with van der Waals surface area (Å²) in [5.74, 6) is 1.09. The molecule has 0 spiro atoms. The number of carbonyl (C=O) groups is 1. The van der Waals surface area contributed by atoms with Gasteiger partial charge in [0.1, 0.15) is 0 Å². The molecule has 1 fully saturated rings. The van der Waals surface area contributed by atoms with E-state index in [1.807, 2.05) is 0 Å². The summed E-state index contributed by atoms with van der Waals surface area (Å²) in [5.41, 5.74) is -0.263. The summed E-state index contributed by atoms with van der Waals surface area (Å²) in [5, 5.41) is 15.5. The summed E-state index contributed by atoms with van der Waals surface area (Å²) >= 11 is 0. The van der Waals surface area contributed by atoms with Crippen molar-refractivity contribution in [3.8, 4) is 11.5 Å². The van der Waals surface area contributed by atoms with Gasteiger partial charge in [-0.1, -0.05) is 0 Å². The van der Waals surface area contributed by atoms with Crippen LogP contribution in [0.1, 0.15) is 6.42 Å². The maximum Gasteiger partial charge on any atom is 0.231 e. The van der Waals surface area contributed by atoms with Gasteiger partial charge in [-0.15, -0.1) is 0 Å². The molecule has 0 aliphatic carbocycles. The van der Waals surface area contributed by atoms with Crippen molar-refractivity contribution in [2.24, 2.45) is 0 Å². The zero-order valence-electron chi connectivity index (χ0n) is 9.73. The first-order valence-corrected chi connectivity index (χ1v) is 5.77. The first-order chi connectivity index (χ1) is 8.65. The van der Waals surface area contributed by atoms with Gasteiger partial charge in [0.15, 0.2) is 11.5 Å². The third-order valence-electron chi connectivity index (χ3n) is 3.05. The monoisotopic (exact) mass is 250 g/mol. The van der Waals surface area contributed by atoms with Crippen LogP contribution in [0.4, 0.5) is 5.69 Å². The van der Waals surface area contributed by atoms with Crippen LogP contribution in [0.5, 0.6) is 11.5 Å². The number of fused-ring (bicyclic) bond motifs is 1. The van der Waals surface area contributed by atoms with Gasteiger partial charge in [0.2, 0.25) is 12.7 Å². The largest absolute Gasteiger partial charge is 0.454 e. The Kier molecular flexibility index (Phi) is 2.61. The van der Waals surface area contributed by atoms with Gasteiger partial charge < -0.3 is 25.2 Å². The average molecular weight is 250 g/mol. The van der Waals surface area contributed by atoms with Crippen molar-refractivity contribution in [1.82, 2.24) is 5.32 Å². The van der Waals surface area contributed by atoms with Crippen molar-refractivity contribution >= 4 is 11.6 Å². The van der Waals surface area contributed by atoms with Crippen LogP contribution in [-0.4, -0.2) is 36.5 Å². The van der Waals surface area contributed by atoms with E-state index in [0.717, 1.165) is 0 Å². The molecule has 1 saturated heterocycles. The predicted molar refractivity (Wildman–Crippen MR) is 63.6 cm³/mol. The number of carbonyl (C=O) groups excluding carboxylic acids is 1. The minimum absolute atomic E-state index is 0.0917. The van der Waals surface area contributed by atoms with E-state index >= 15 is 0 Å². The van der Waals surface area contributed by atoms with Gasteiger partial charge >= 0.3 is 0 Å². The van der Waals surface area contributed by atoms with Crippen LogP contribution in [0.2, 0.25) is 0 Å².